The summed E-state index contributed by atoms with van der Waals surface area (Å²) in [5.74, 6) is -1.22. The van der Waals surface area contributed by atoms with Crippen LogP contribution in [0.3, 0.4) is 0 Å². The van der Waals surface area contributed by atoms with E-state index in [-0.39, 0.29) is 22.8 Å². The minimum Gasteiger partial charge on any atom is -0.294 e. The molecule has 0 unspecified atom stereocenters. The molecule has 3 nitrogen and oxygen atoms in total. The van der Waals surface area contributed by atoms with Crippen molar-refractivity contribution in [3.05, 3.63) is 82.3 Å². The third-order valence-corrected chi connectivity index (χ3v) is 6.07. The van der Waals surface area contributed by atoms with Crippen molar-refractivity contribution in [1.82, 2.24) is 0 Å². The molecule has 0 saturated carbocycles. The molecule has 0 N–H and O–H groups in total. The molecular weight excluding hydrogens is 353 g/mol. The summed E-state index contributed by atoms with van der Waals surface area (Å²) >= 11 is 0. The van der Waals surface area contributed by atoms with Gasteiger partial charge in [0.15, 0.2) is 11.6 Å². The van der Waals surface area contributed by atoms with Gasteiger partial charge in [-0.05, 0) is 29.5 Å². The van der Waals surface area contributed by atoms with Crippen molar-refractivity contribution in [2.45, 2.75) is 32.6 Å². The molecule has 1 heterocycles. The second-order valence-corrected chi connectivity index (χ2v) is 8.72. The molecule has 2 aliphatic carbocycles. The van der Waals surface area contributed by atoms with Gasteiger partial charge in [0.05, 0.1) is 11.6 Å². The van der Waals surface area contributed by atoms with E-state index in [2.05, 4.69) is 13.8 Å². The average molecular weight is 373 g/mol. The van der Waals surface area contributed by atoms with E-state index in [1.54, 1.807) is 12.1 Å². The zero-order chi connectivity index (χ0) is 19.6. The molecule has 5 rings (SSSR count). The Kier molecular flexibility index (Phi) is 3.57. The summed E-state index contributed by atoms with van der Waals surface area (Å²) in [6.07, 6.45) is 1.13. The highest BCUT2D eigenvalue weighted by atomic mass is 19.1. The number of carbonyl (C=O) groups is 2. The summed E-state index contributed by atoms with van der Waals surface area (Å²) in [6, 6.07) is 13.7. The molecule has 3 aliphatic rings. The van der Waals surface area contributed by atoms with E-state index < -0.39 is 11.8 Å². The number of Topliss-reactive ketones (excluding diaryl/α,β-unsaturated/α-hetero) is 2. The van der Waals surface area contributed by atoms with Gasteiger partial charge in [0.1, 0.15) is 5.82 Å². The molecule has 0 aromatic heterocycles. The lowest BCUT2D eigenvalue weighted by Gasteiger charge is -2.38. The largest absolute Gasteiger partial charge is 0.294 e. The zero-order valence-corrected chi connectivity index (χ0v) is 15.8. The Morgan fingerprint density at radius 1 is 0.929 bits per heavy atom. The number of benzene rings is 2. The van der Waals surface area contributed by atoms with Crippen LogP contribution in [0.4, 0.5) is 4.39 Å². The number of aliphatic imine (C=N–C) groups is 1. The lowest BCUT2D eigenvalue weighted by molar-refractivity contribution is -0.118. The fourth-order valence-corrected chi connectivity index (χ4v) is 4.92. The van der Waals surface area contributed by atoms with Crippen LogP contribution in [0.25, 0.3) is 0 Å². The quantitative estimate of drug-likeness (QED) is 0.716. The molecule has 2 atom stereocenters. The summed E-state index contributed by atoms with van der Waals surface area (Å²) in [7, 11) is 0. The van der Waals surface area contributed by atoms with Gasteiger partial charge in [-0.25, -0.2) is 4.39 Å². The summed E-state index contributed by atoms with van der Waals surface area (Å²) < 4.78 is 13.6. The zero-order valence-electron chi connectivity index (χ0n) is 15.8. The fourth-order valence-electron chi connectivity index (χ4n) is 4.92. The van der Waals surface area contributed by atoms with Crippen LogP contribution in [0.1, 0.15) is 54.1 Å². The van der Waals surface area contributed by atoms with Crippen LogP contribution < -0.4 is 0 Å². The van der Waals surface area contributed by atoms with Crippen molar-refractivity contribution in [2.75, 3.05) is 0 Å². The van der Waals surface area contributed by atoms with Crippen LogP contribution in [0, 0.1) is 17.2 Å². The minimum atomic E-state index is -0.522. The van der Waals surface area contributed by atoms with Gasteiger partial charge in [0.2, 0.25) is 0 Å². The van der Waals surface area contributed by atoms with Crippen molar-refractivity contribution in [2.24, 2.45) is 16.3 Å². The maximum Gasteiger partial charge on any atom is 0.173 e. The summed E-state index contributed by atoms with van der Waals surface area (Å²) in [5, 5.41) is 0. The van der Waals surface area contributed by atoms with Gasteiger partial charge < -0.3 is 0 Å². The highest BCUT2D eigenvalue weighted by Crippen LogP contribution is 2.51. The molecule has 2 aromatic carbocycles. The molecule has 0 saturated heterocycles. The van der Waals surface area contributed by atoms with Gasteiger partial charge in [-0.1, -0.05) is 50.2 Å². The number of carbonyl (C=O) groups excluding carboxylic acids is 2. The number of ketones is 2. The first-order chi connectivity index (χ1) is 13.4. The molecule has 140 valence electrons. The molecule has 2 aromatic rings. The van der Waals surface area contributed by atoms with E-state index in [9.17, 15) is 14.0 Å². The smallest absolute Gasteiger partial charge is 0.173 e. The molecule has 0 fully saturated rings. The third kappa shape index (κ3) is 2.44. The number of nitrogens with zero attached hydrogens (tertiary/aromatic N) is 1. The van der Waals surface area contributed by atoms with Crippen LogP contribution in [-0.4, -0.2) is 17.3 Å². The SMILES string of the molecule is CC1(C)CC(=O)C2=C(C1)N=C1c3ccccc3C(=O)[C@H]1[C@H]2c1ccc(F)cc1. The molecule has 0 amide bonds. The van der Waals surface area contributed by atoms with E-state index in [1.807, 2.05) is 24.3 Å². The van der Waals surface area contributed by atoms with Crippen molar-refractivity contribution in [3.8, 4) is 0 Å². The van der Waals surface area contributed by atoms with Gasteiger partial charge in [-0.2, -0.15) is 0 Å². The van der Waals surface area contributed by atoms with E-state index in [0.717, 1.165) is 22.5 Å². The van der Waals surface area contributed by atoms with Crippen LogP contribution in [0.2, 0.25) is 0 Å². The standard InChI is InChI=1S/C24H20FNO2/c1-24(2)11-17-20(18(27)12-24)19(13-7-9-14(25)10-8-13)21-22(26-17)15-5-3-4-6-16(15)23(21)28/h3-10,19,21H,11-12H2,1-2H3/t19-,21-/m0/s1. The number of hydrogen-bond donors (Lipinski definition) is 0. The van der Waals surface area contributed by atoms with Crippen molar-refractivity contribution in [1.29, 1.82) is 0 Å². The van der Waals surface area contributed by atoms with Gasteiger partial charge in [0, 0.05) is 34.7 Å². The van der Waals surface area contributed by atoms with Crippen LogP contribution in [-0.2, 0) is 4.79 Å². The van der Waals surface area contributed by atoms with Crippen LogP contribution in [0.5, 0.6) is 0 Å². The summed E-state index contributed by atoms with van der Waals surface area (Å²) in [4.78, 5) is 31.3. The number of fused-ring (bicyclic) bond motifs is 3. The molecule has 0 radical (unpaired) electrons. The Balaban J connectivity index is 1.76. The molecule has 1 aliphatic heterocycles. The maximum absolute atomic E-state index is 13.6. The van der Waals surface area contributed by atoms with Gasteiger partial charge in [-0.3, -0.25) is 14.6 Å². The summed E-state index contributed by atoms with van der Waals surface area (Å²) in [6.45, 7) is 4.14. The number of halogens is 1. The summed E-state index contributed by atoms with van der Waals surface area (Å²) in [5.41, 5.74) is 4.31. The lowest BCUT2D eigenvalue weighted by atomic mass is 9.66. The van der Waals surface area contributed by atoms with Gasteiger partial charge >= 0.3 is 0 Å². The van der Waals surface area contributed by atoms with Gasteiger partial charge in [0.25, 0.3) is 0 Å². The van der Waals surface area contributed by atoms with E-state index in [0.29, 0.717) is 24.0 Å². The Labute approximate surface area is 163 Å². The molecule has 4 heteroatoms. The molecule has 28 heavy (non-hydrogen) atoms. The predicted molar refractivity (Wildman–Crippen MR) is 105 cm³/mol. The minimum absolute atomic E-state index is 0.00661. The Morgan fingerprint density at radius 2 is 1.61 bits per heavy atom. The highest BCUT2D eigenvalue weighted by molar-refractivity contribution is 6.30. The monoisotopic (exact) mass is 373 g/mol. The Bertz CT molecular complexity index is 1090. The molecule has 0 bridgehead atoms. The maximum atomic E-state index is 13.6. The fraction of sp³-hybridized carbons (Fsp3) is 0.292. The third-order valence-electron chi connectivity index (χ3n) is 6.07. The first kappa shape index (κ1) is 17.2. The first-order valence-electron chi connectivity index (χ1n) is 9.60. The van der Waals surface area contributed by atoms with E-state index >= 15 is 0 Å². The Hall–Kier alpha value is -2.88. The topological polar surface area (TPSA) is 46.5 Å². The van der Waals surface area contributed by atoms with E-state index in [4.69, 9.17) is 4.99 Å². The average Bonchev–Trinajstić information content (AvgIpc) is 2.93. The number of rotatable bonds is 1. The van der Waals surface area contributed by atoms with Crippen molar-refractivity contribution < 1.29 is 14.0 Å². The second kappa shape index (κ2) is 5.81. The Morgan fingerprint density at radius 3 is 2.32 bits per heavy atom. The van der Waals surface area contributed by atoms with Gasteiger partial charge in [-0.15, -0.1) is 0 Å². The number of hydrogen-bond acceptors (Lipinski definition) is 3. The highest BCUT2D eigenvalue weighted by Gasteiger charge is 2.50. The van der Waals surface area contributed by atoms with E-state index in [1.165, 1.54) is 12.1 Å². The predicted octanol–water partition coefficient (Wildman–Crippen LogP) is 4.87. The van der Waals surface area contributed by atoms with Crippen molar-refractivity contribution in [3.63, 3.8) is 0 Å². The molecule has 0 spiro atoms. The lowest BCUT2D eigenvalue weighted by Crippen LogP contribution is -2.37. The van der Waals surface area contributed by atoms with Crippen molar-refractivity contribution >= 4 is 17.3 Å². The first-order valence-corrected chi connectivity index (χ1v) is 9.60. The second-order valence-electron chi connectivity index (χ2n) is 8.72. The molecular formula is C24H20FNO2. The van der Waals surface area contributed by atoms with Crippen LogP contribution in [0.15, 0.2) is 64.8 Å². The normalized spacial score (nSPS) is 25.2. The van der Waals surface area contributed by atoms with Crippen LogP contribution >= 0.6 is 0 Å². The number of allylic oxidation sites excluding steroid dienone is 2.